The Morgan fingerprint density at radius 1 is 1.40 bits per heavy atom. The highest BCUT2D eigenvalue weighted by Gasteiger charge is 2.37. The lowest BCUT2D eigenvalue weighted by atomic mass is 10.0. The van der Waals surface area contributed by atoms with Gasteiger partial charge in [0.15, 0.2) is 0 Å². The molecule has 0 spiro atoms. The number of hydrogen-bond donors (Lipinski definition) is 0. The summed E-state index contributed by atoms with van der Waals surface area (Å²) in [5.41, 5.74) is 0. The maximum Gasteiger partial charge on any atom is 0.219 e. The maximum absolute atomic E-state index is 12.2. The van der Waals surface area contributed by atoms with E-state index in [-0.39, 0.29) is 0 Å². The van der Waals surface area contributed by atoms with Gasteiger partial charge in [-0.1, -0.05) is 0 Å². The van der Waals surface area contributed by atoms with Crippen molar-refractivity contribution < 1.29 is 8.42 Å². The van der Waals surface area contributed by atoms with Crippen LogP contribution in [0.15, 0.2) is 0 Å². The van der Waals surface area contributed by atoms with Gasteiger partial charge in [0.05, 0.1) is 4.75 Å². The second kappa shape index (κ2) is 4.60. The second-order valence-electron chi connectivity index (χ2n) is 5.14. The average molecular weight is 254 g/mol. The Hall–Kier alpha value is 0.200. The fraction of sp³-hybridized carbons (Fsp3) is 1.00. The van der Waals surface area contributed by atoms with Crippen LogP contribution in [0.25, 0.3) is 0 Å². The van der Waals surface area contributed by atoms with Crippen molar-refractivity contribution in [3.05, 3.63) is 0 Å². The first kappa shape index (κ1) is 13.3. The molecule has 90 valence electrons. The van der Waals surface area contributed by atoms with Crippen LogP contribution in [0.2, 0.25) is 0 Å². The van der Waals surface area contributed by atoms with E-state index in [4.69, 9.17) is 11.6 Å². The van der Waals surface area contributed by atoms with E-state index < -0.39 is 14.8 Å². The molecular weight excluding hydrogens is 234 g/mol. The van der Waals surface area contributed by atoms with Crippen LogP contribution in [0.5, 0.6) is 0 Å². The molecule has 1 unspecified atom stereocenters. The normalized spacial score (nSPS) is 25.5. The zero-order chi connectivity index (χ0) is 11.7. The molecule has 0 aliphatic carbocycles. The number of alkyl halides is 1. The first-order valence-corrected chi connectivity index (χ1v) is 7.32. The molecule has 1 atom stereocenters. The summed E-state index contributed by atoms with van der Waals surface area (Å²) in [6.07, 6.45) is 1.96. The highest BCUT2D eigenvalue weighted by atomic mass is 35.5. The van der Waals surface area contributed by atoms with Gasteiger partial charge < -0.3 is 0 Å². The Morgan fingerprint density at radius 3 is 2.47 bits per heavy atom. The highest BCUT2D eigenvalue weighted by Crippen LogP contribution is 2.26. The number of halogens is 1. The van der Waals surface area contributed by atoms with Crippen LogP contribution in [-0.4, -0.2) is 36.4 Å². The van der Waals surface area contributed by atoms with Crippen LogP contribution in [0.4, 0.5) is 0 Å². The number of rotatable bonds is 2. The Morgan fingerprint density at radius 2 is 2.00 bits per heavy atom. The fourth-order valence-corrected chi connectivity index (χ4v) is 3.56. The molecule has 5 heteroatoms. The van der Waals surface area contributed by atoms with E-state index in [9.17, 15) is 8.42 Å². The quantitative estimate of drug-likeness (QED) is 0.707. The van der Waals surface area contributed by atoms with E-state index in [1.165, 1.54) is 0 Å². The molecule has 1 aliphatic heterocycles. The van der Waals surface area contributed by atoms with Crippen LogP contribution in [0, 0.1) is 5.92 Å². The van der Waals surface area contributed by atoms with Gasteiger partial charge in [-0.15, -0.1) is 11.6 Å². The molecule has 0 aromatic rings. The van der Waals surface area contributed by atoms with Crippen LogP contribution < -0.4 is 0 Å². The Labute approximate surface area is 97.8 Å². The van der Waals surface area contributed by atoms with Crippen LogP contribution >= 0.6 is 11.6 Å². The lowest BCUT2D eigenvalue weighted by molar-refractivity contribution is 0.278. The minimum Gasteiger partial charge on any atom is -0.212 e. The first-order chi connectivity index (χ1) is 6.79. The number of nitrogens with zero attached hydrogens (tertiary/aromatic N) is 1. The van der Waals surface area contributed by atoms with E-state index in [0.29, 0.717) is 24.9 Å². The lowest BCUT2D eigenvalue weighted by Gasteiger charge is -2.35. The fourth-order valence-electron chi connectivity index (χ4n) is 1.76. The minimum atomic E-state index is -3.17. The summed E-state index contributed by atoms with van der Waals surface area (Å²) in [6, 6.07) is 0. The summed E-state index contributed by atoms with van der Waals surface area (Å²) in [5.74, 6) is 0.869. The van der Waals surface area contributed by atoms with Crippen molar-refractivity contribution in [3.8, 4) is 0 Å². The highest BCUT2D eigenvalue weighted by molar-refractivity contribution is 7.90. The van der Waals surface area contributed by atoms with Crippen molar-refractivity contribution in [3.63, 3.8) is 0 Å². The van der Waals surface area contributed by atoms with Crippen molar-refractivity contribution in [1.82, 2.24) is 4.31 Å². The third-order valence-corrected chi connectivity index (χ3v) is 5.81. The molecule has 3 nitrogen and oxygen atoms in total. The van der Waals surface area contributed by atoms with E-state index in [0.717, 1.165) is 12.8 Å². The van der Waals surface area contributed by atoms with Crippen molar-refractivity contribution in [1.29, 1.82) is 0 Å². The van der Waals surface area contributed by atoms with Crippen LogP contribution in [-0.2, 0) is 10.0 Å². The van der Waals surface area contributed by atoms with Gasteiger partial charge in [0.1, 0.15) is 0 Å². The number of sulfonamides is 1. The first-order valence-electron chi connectivity index (χ1n) is 5.34. The van der Waals surface area contributed by atoms with Crippen LogP contribution in [0.1, 0.15) is 33.6 Å². The predicted octanol–water partition coefficient (Wildman–Crippen LogP) is 2.07. The summed E-state index contributed by atoms with van der Waals surface area (Å²) in [5, 5.41) is 0. The molecule has 1 aliphatic rings. The van der Waals surface area contributed by atoms with Crippen molar-refractivity contribution in [2.75, 3.05) is 19.0 Å². The largest absolute Gasteiger partial charge is 0.219 e. The maximum atomic E-state index is 12.2. The molecule has 0 radical (unpaired) electrons. The molecular formula is C10H20ClNO2S. The summed E-state index contributed by atoms with van der Waals surface area (Å²) in [6.45, 7) is 6.46. The van der Waals surface area contributed by atoms with E-state index in [2.05, 4.69) is 0 Å². The summed E-state index contributed by atoms with van der Waals surface area (Å²) in [4.78, 5) is 0. The smallest absolute Gasteiger partial charge is 0.212 e. The molecule has 0 aromatic carbocycles. The van der Waals surface area contributed by atoms with E-state index in [1.807, 2.05) is 0 Å². The van der Waals surface area contributed by atoms with Crippen molar-refractivity contribution >= 4 is 21.6 Å². The monoisotopic (exact) mass is 253 g/mol. The SMILES string of the molecule is CC(C)(C)S(=O)(=O)N1CCCC(CCl)C1. The van der Waals surface area contributed by atoms with E-state index >= 15 is 0 Å². The Kier molecular flexibility index (Phi) is 4.07. The van der Waals surface area contributed by atoms with Crippen LogP contribution in [0.3, 0.4) is 0 Å². The zero-order valence-electron chi connectivity index (χ0n) is 9.66. The zero-order valence-corrected chi connectivity index (χ0v) is 11.2. The molecule has 0 bridgehead atoms. The minimum absolute atomic E-state index is 0.317. The van der Waals surface area contributed by atoms with E-state index in [1.54, 1.807) is 25.1 Å². The van der Waals surface area contributed by atoms with Gasteiger partial charge in [0.25, 0.3) is 0 Å². The van der Waals surface area contributed by atoms with Gasteiger partial charge in [-0.05, 0) is 39.5 Å². The summed E-state index contributed by atoms with van der Waals surface area (Å²) in [7, 11) is -3.17. The molecule has 1 saturated heterocycles. The molecule has 1 heterocycles. The number of piperidine rings is 1. The number of hydrogen-bond acceptors (Lipinski definition) is 2. The van der Waals surface area contributed by atoms with Gasteiger partial charge in [0.2, 0.25) is 10.0 Å². The standard InChI is InChI=1S/C10H20ClNO2S/c1-10(2,3)15(13,14)12-6-4-5-9(7-11)8-12/h9H,4-8H2,1-3H3. The summed E-state index contributed by atoms with van der Waals surface area (Å²) < 4.78 is 25.2. The molecule has 1 rings (SSSR count). The van der Waals surface area contributed by atoms with Gasteiger partial charge in [-0.2, -0.15) is 0 Å². The van der Waals surface area contributed by atoms with Gasteiger partial charge in [-0.25, -0.2) is 12.7 Å². The molecule has 0 aromatic heterocycles. The average Bonchev–Trinajstić information content (AvgIpc) is 2.16. The summed E-state index contributed by atoms with van der Waals surface area (Å²) >= 11 is 5.79. The third-order valence-electron chi connectivity index (χ3n) is 2.81. The Bertz CT molecular complexity index is 308. The Balaban J connectivity index is 2.80. The molecule has 0 amide bonds. The molecule has 1 fully saturated rings. The van der Waals surface area contributed by atoms with Crippen molar-refractivity contribution in [2.24, 2.45) is 5.92 Å². The second-order valence-corrected chi connectivity index (χ2v) is 8.14. The van der Waals surface area contributed by atoms with Gasteiger partial charge in [-0.3, -0.25) is 0 Å². The third kappa shape index (κ3) is 2.86. The van der Waals surface area contributed by atoms with Gasteiger partial charge >= 0.3 is 0 Å². The molecule has 15 heavy (non-hydrogen) atoms. The van der Waals surface area contributed by atoms with Gasteiger partial charge in [0, 0.05) is 19.0 Å². The predicted molar refractivity (Wildman–Crippen MR) is 63.7 cm³/mol. The van der Waals surface area contributed by atoms with Crippen molar-refractivity contribution in [2.45, 2.75) is 38.4 Å². The topological polar surface area (TPSA) is 37.4 Å². The molecule has 0 N–H and O–H groups in total. The lowest BCUT2D eigenvalue weighted by Crippen LogP contribution is -2.47. The molecule has 0 saturated carbocycles.